The molecule has 0 radical (unpaired) electrons. The SMILES string of the molecule is CCCNC(Cc1c(Br)c(CC)nn1C)C(CCC)OC. The van der Waals surface area contributed by atoms with Gasteiger partial charge in [-0.05, 0) is 41.7 Å². The first kappa shape index (κ1) is 18.7. The zero-order chi connectivity index (χ0) is 15.8. The largest absolute Gasteiger partial charge is 0.380 e. The number of halogens is 1. The highest BCUT2D eigenvalue weighted by Gasteiger charge is 2.24. The van der Waals surface area contributed by atoms with Crippen molar-refractivity contribution in [2.75, 3.05) is 13.7 Å². The number of methoxy groups -OCH3 is 1. The van der Waals surface area contributed by atoms with Crippen LogP contribution in [0.15, 0.2) is 4.47 Å². The van der Waals surface area contributed by atoms with Crippen LogP contribution in [0.25, 0.3) is 0 Å². The summed E-state index contributed by atoms with van der Waals surface area (Å²) in [5.41, 5.74) is 2.38. The van der Waals surface area contributed by atoms with Gasteiger partial charge < -0.3 is 10.1 Å². The van der Waals surface area contributed by atoms with Gasteiger partial charge >= 0.3 is 0 Å². The Morgan fingerprint density at radius 2 is 2.00 bits per heavy atom. The van der Waals surface area contributed by atoms with Gasteiger partial charge in [-0.15, -0.1) is 0 Å². The second-order valence-corrected chi connectivity index (χ2v) is 6.31. The van der Waals surface area contributed by atoms with E-state index in [1.807, 2.05) is 18.8 Å². The minimum absolute atomic E-state index is 0.244. The molecule has 0 saturated heterocycles. The fourth-order valence-corrected chi connectivity index (χ4v) is 3.46. The lowest BCUT2D eigenvalue weighted by Crippen LogP contribution is -2.43. The molecule has 0 saturated carbocycles. The van der Waals surface area contributed by atoms with E-state index >= 15 is 0 Å². The van der Waals surface area contributed by atoms with Gasteiger partial charge in [0, 0.05) is 26.6 Å². The molecule has 0 aliphatic carbocycles. The van der Waals surface area contributed by atoms with Crippen molar-refractivity contribution in [3.8, 4) is 0 Å². The highest BCUT2D eigenvalue weighted by molar-refractivity contribution is 9.10. The van der Waals surface area contributed by atoms with E-state index in [4.69, 9.17) is 4.74 Å². The van der Waals surface area contributed by atoms with E-state index in [2.05, 4.69) is 47.1 Å². The fraction of sp³-hybridized carbons (Fsp3) is 0.812. The predicted molar refractivity (Wildman–Crippen MR) is 91.8 cm³/mol. The van der Waals surface area contributed by atoms with Crippen molar-refractivity contribution in [2.45, 2.75) is 65.0 Å². The molecule has 0 spiro atoms. The molecule has 1 aromatic heterocycles. The Balaban J connectivity index is 2.91. The van der Waals surface area contributed by atoms with Crippen molar-refractivity contribution in [2.24, 2.45) is 7.05 Å². The number of aromatic nitrogens is 2. The molecule has 1 N–H and O–H groups in total. The third-order valence-corrected chi connectivity index (χ3v) is 4.81. The predicted octanol–water partition coefficient (Wildman–Crippen LogP) is 3.47. The normalized spacial score (nSPS) is 14.4. The summed E-state index contributed by atoms with van der Waals surface area (Å²) in [5.74, 6) is 0. The van der Waals surface area contributed by atoms with E-state index in [1.54, 1.807) is 0 Å². The maximum atomic E-state index is 5.73. The molecule has 1 heterocycles. The molecule has 122 valence electrons. The smallest absolute Gasteiger partial charge is 0.0766 e. The minimum atomic E-state index is 0.244. The third-order valence-electron chi connectivity index (χ3n) is 3.90. The zero-order valence-electron chi connectivity index (χ0n) is 14.1. The number of hydrogen-bond donors (Lipinski definition) is 1. The molecule has 1 rings (SSSR count). The van der Waals surface area contributed by atoms with Crippen LogP contribution >= 0.6 is 15.9 Å². The lowest BCUT2D eigenvalue weighted by Gasteiger charge is -2.27. The van der Waals surface area contributed by atoms with Crippen molar-refractivity contribution < 1.29 is 4.74 Å². The summed E-state index contributed by atoms with van der Waals surface area (Å²) in [4.78, 5) is 0. The van der Waals surface area contributed by atoms with Crippen molar-refractivity contribution in [3.05, 3.63) is 15.9 Å². The number of ether oxygens (including phenoxy) is 1. The molecule has 5 heteroatoms. The molecule has 0 aliphatic heterocycles. The van der Waals surface area contributed by atoms with Crippen LogP contribution in [0.1, 0.15) is 51.4 Å². The van der Waals surface area contributed by atoms with E-state index in [9.17, 15) is 0 Å². The molecule has 0 fully saturated rings. The van der Waals surface area contributed by atoms with Gasteiger partial charge in [0.2, 0.25) is 0 Å². The van der Waals surface area contributed by atoms with Crippen LogP contribution in [0.4, 0.5) is 0 Å². The lowest BCUT2D eigenvalue weighted by atomic mass is 10.0. The summed E-state index contributed by atoms with van der Waals surface area (Å²) in [5, 5.41) is 8.24. The standard InChI is InChI=1S/C16H30BrN3O/c1-6-9-15(21-5)13(18-10-7-2)11-14-16(17)12(8-3)19-20(14)4/h13,15,18H,6-11H2,1-5H3. The Morgan fingerprint density at radius 1 is 1.29 bits per heavy atom. The van der Waals surface area contributed by atoms with Gasteiger partial charge in [0.05, 0.1) is 22.0 Å². The molecule has 0 aliphatic rings. The van der Waals surface area contributed by atoms with Crippen LogP contribution in [0.5, 0.6) is 0 Å². The van der Waals surface area contributed by atoms with Crippen LogP contribution in [-0.4, -0.2) is 35.6 Å². The highest BCUT2D eigenvalue weighted by atomic mass is 79.9. The zero-order valence-corrected chi connectivity index (χ0v) is 15.7. The number of rotatable bonds is 10. The molecule has 2 unspecified atom stereocenters. The van der Waals surface area contributed by atoms with E-state index < -0.39 is 0 Å². The second-order valence-electron chi connectivity index (χ2n) is 5.51. The molecular weight excluding hydrogens is 330 g/mol. The Kier molecular flexibility index (Phi) is 8.52. The van der Waals surface area contributed by atoms with Crippen molar-refractivity contribution in [1.29, 1.82) is 0 Å². The van der Waals surface area contributed by atoms with Gasteiger partial charge in [-0.2, -0.15) is 5.10 Å². The lowest BCUT2D eigenvalue weighted by molar-refractivity contribution is 0.0603. The molecule has 0 aromatic carbocycles. The van der Waals surface area contributed by atoms with Gasteiger partial charge in [0.15, 0.2) is 0 Å². The van der Waals surface area contributed by atoms with E-state index in [0.29, 0.717) is 6.04 Å². The van der Waals surface area contributed by atoms with Crippen LogP contribution in [-0.2, 0) is 24.6 Å². The summed E-state index contributed by atoms with van der Waals surface area (Å²) in [6.45, 7) is 7.56. The van der Waals surface area contributed by atoms with E-state index in [-0.39, 0.29) is 6.10 Å². The summed E-state index contributed by atoms with van der Waals surface area (Å²) >= 11 is 3.72. The quantitative estimate of drug-likeness (QED) is 0.694. The molecule has 1 aromatic rings. The van der Waals surface area contributed by atoms with Gasteiger partial charge in [-0.3, -0.25) is 4.68 Å². The van der Waals surface area contributed by atoms with Crippen molar-refractivity contribution in [1.82, 2.24) is 15.1 Å². The summed E-state index contributed by atoms with van der Waals surface area (Å²) in [6, 6.07) is 0.325. The second kappa shape index (κ2) is 9.59. The number of aryl methyl sites for hydroxylation is 2. The summed E-state index contributed by atoms with van der Waals surface area (Å²) in [6.07, 6.45) is 5.47. The van der Waals surface area contributed by atoms with Crippen molar-refractivity contribution in [3.63, 3.8) is 0 Å². The van der Waals surface area contributed by atoms with Crippen LogP contribution in [0.3, 0.4) is 0 Å². The van der Waals surface area contributed by atoms with E-state index in [1.165, 1.54) is 5.69 Å². The highest BCUT2D eigenvalue weighted by Crippen LogP contribution is 2.24. The third kappa shape index (κ3) is 5.08. The monoisotopic (exact) mass is 359 g/mol. The first-order valence-electron chi connectivity index (χ1n) is 8.05. The van der Waals surface area contributed by atoms with Crippen molar-refractivity contribution >= 4 is 15.9 Å². The topological polar surface area (TPSA) is 39.1 Å². The maximum absolute atomic E-state index is 5.73. The molecule has 0 amide bonds. The fourth-order valence-electron chi connectivity index (χ4n) is 2.68. The first-order chi connectivity index (χ1) is 10.1. The molecule has 4 nitrogen and oxygen atoms in total. The first-order valence-corrected chi connectivity index (χ1v) is 8.84. The molecule has 2 atom stereocenters. The van der Waals surface area contributed by atoms with Crippen LogP contribution in [0.2, 0.25) is 0 Å². The molecule has 0 bridgehead atoms. The van der Waals surface area contributed by atoms with Gasteiger partial charge in [-0.1, -0.05) is 27.2 Å². The maximum Gasteiger partial charge on any atom is 0.0766 e. The van der Waals surface area contributed by atoms with Gasteiger partial charge in [0.1, 0.15) is 0 Å². The Hall–Kier alpha value is -0.390. The number of hydrogen-bond acceptors (Lipinski definition) is 3. The average molecular weight is 360 g/mol. The Bertz CT molecular complexity index is 420. The molecule has 21 heavy (non-hydrogen) atoms. The Labute approximate surface area is 137 Å². The minimum Gasteiger partial charge on any atom is -0.380 e. The Morgan fingerprint density at radius 3 is 2.48 bits per heavy atom. The van der Waals surface area contributed by atoms with Gasteiger partial charge in [0.25, 0.3) is 0 Å². The van der Waals surface area contributed by atoms with Crippen LogP contribution < -0.4 is 5.32 Å². The number of nitrogens with zero attached hydrogens (tertiary/aromatic N) is 2. The van der Waals surface area contributed by atoms with Gasteiger partial charge in [-0.25, -0.2) is 0 Å². The number of nitrogens with one attached hydrogen (secondary N) is 1. The average Bonchev–Trinajstić information content (AvgIpc) is 2.76. The van der Waals surface area contributed by atoms with E-state index in [0.717, 1.165) is 48.8 Å². The summed E-state index contributed by atoms with van der Waals surface area (Å²) in [7, 11) is 3.84. The summed E-state index contributed by atoms with van der Waals surface area (Å²) < 4.78 is 8.88. The van der Waals surface area contributed by atoms with Crippen LogP contribution in [0, 0.1) is 0 Å². The molecular formula is C16H30BrN3O.